The number of benzene rings is 2. The third kappa shape index (κ3) is 6.76. The first-order valence-corrected chi connectivity index (χ1v) is 8.46. The molecule has 0 aliphatic rings. The first-order valence-electron chi connectivity index (χ1n) is 7.67. The molecule has 0 aliphatic carbocycles. The predicted molar refractivity (Wildman–Crippen MR) is 101 cm³/mol. The number of nitrogens with zero attached hydrogens (tertiary/aromatic N) is 1. The van der Waals surface area contributed by atoms with E-state index in [-0.39, 0.29) is 6.42 Å². The van der Waals surface area contributed by atoms with Crippen LogP contribution in [0, 0.1) is 0 Å². The molecule has 2 amide bonds. The molecule has 0 unspecified atom stereocenters. The first-order chi connectivity index (χ1) is 12.1. The summed E-state index contributed by atoms with van der Waals surface area (Å²) in [6.45, 7) is 2.47. The monoisotopic (exact) mass is 403 g/mol. The van der Waals surface area contributed by atoms with Gasteiger partial charge in [0.25, 0.3) is 0 Å². The van der Waals surface area contributed by atoms with Crippen LogP contribution in [0.25, 0.3) is 0 Å². The Balaban J connectivity index is 1.78. The fourth-order valence-electron chi connectivity index (χ4n) is 1.96. The molecule has 0 fully saturated rings. The molecule has 0 saturated heterocycles. The number of hydrogen-bond acceptors (Lipinski definition) is 4. The molecule has 25 heavy (non-hydrogen) atoms. The molecule has 7 heteroatoms. The van der Waals surface area contributed by atoms with Crippen LogP contribution < -0.4 is 15.5 Å². The van der Waals surface area contributed by atoms with Crippen molar-refractivity contribution in [3.8, 4) is 5.75 Å². The standard InChI is InChI=1S/C18H18BrN3O3/c1-2-25-16-8-6-15(7-9-16)21-17(23)11-18(24)22-20-12-13-4-3-5-14(19)10-13/h3-10,12H,2,11H2,1H3,(H,21,23)(H,22,24). The van der Waals surface area contributed by atoms with Crippen LogP contribution in [-0.4, -0.2) is 24.6 Å². The van der Waals surface area contributed by atoms with Gasteiger partial charge in [-0.05, 0) is 48.9 Å². The van der Waals surface area contributed by atoms with Crippen molar-refractivity contribution in [3.05, 3.63) is 58.6 Å². The Kier molecular flexibility index (Phi) is 7.16. The molecule has 0 spiro atoms. The summed E-state index contributed by atoms with van der Waals surface area (Å²) in [6, 6.07) is 14.4. The normalized spacial score (nSPS) is 10.5. The Bertz CT molecular complexity index is 760. The molecule has 0 heterocycles. The lowest BCUT2D eigenvalue weighted by Gasteiger charge is -2.06. The molecule has 130 valence electrons. The largest absolute Gasteiger partial charge is 0.494 e. The Morgan fingerprint density at radius 3 is 2.60 bits per heavy atom. The van der Waals surface area contributed by atoms with Gasteiger partial charge in [-0.1, -0.05) is 28.1 Å². The zero-order chi connectivity index (χ0) is 18.1. The van der Waals surface area contributed by atoms with Gasteiger partial charge in [0.1, 0.15) is 12.2 Å². The molecule has 0 atom stereocenters. The zero-order valence-corrected chi connectivity index (χ0v) is 15.2. The molecule has 2 rings (SSSR count). The molecule has 0 aliphatic heterocycles. The molecule has 2 aromatic carbocycles. The number of hydrogen-bond donors (Lipinski definition) is 2. The Morgan fingerprint density at radius 2 is 1.92 bits per heavy atom. The van der Waals surface area contributed by atoms with Crippen LogP contribution in [0.3, 0.4) is 0 Å². The molecule has 0 saturated carbocycles. The highest BCUT2D eigenvalue weighted by molar-refractivity contribution is 9.10. The molecule has 0 radical (unpaired) electrons. The van der Waals surface area contributed by atoms with Crippen molar-refractivity contribution >= 4 is 39.6 Å². The number of halogens is 1. The van der Waals surface area contributed by atoms with Gasteiger partial charge in [-0.15, -0.1) is 0 Å². The fourth-order valence-corrected chi connectivity index (χ4v) is 2.37. The van der Waals surface area contributed by atoms with Crippen molar-refractivity contribution in [2.45, 2.75) is 13.3 Å². The topological polar surface area (TPSA) is 79.8 Å². The van der Waals surface area contributed by atoms with Crippen molar-refractivity contribution in [1.82, 2.24) is 5.43 Å². The van der Waals surface area contributed by atoms with Gasteiger partial charge < -0.3 is 10.1 Å². The number of ether oxygens (including phenoxy) is 1. The number of rotatable bonds is 7. The maximum Gasteiger partial charge on any atom is 0.249 e. The molecular formula is C18H18BrN3O3. The molecule has 0 aromatic heterocycles. The number of anilines is 1. The van der Waals surface area contributed by atoms with E-state index < -0.39 is 11.8 Å². The van der Waals surface area contributed by atoms with E-state index in [1.165, 1.54) is 6.21 Å². The SMILES string of the molecule is CCOc1ccc(NC(=O)CC(=O)NN=Cc2cccc(Br)c2)cc1. The zero-order valence-electron chi connectivity index (χ0n) is 13.7. The van der Waals surface area contributed by atoms with E-state index in [4.69, 9.17) is 4.74 Å². The summed E-state index contributed by atoms with van der Waals surface area (Å²) in [6.07, 6.45) is 1.19. The molecule has 6 nitrogen and oxygen atoms in total. The van der Waals surface area contributed by atoms with Crippen molar-refractivity contribution in [2.24, 2.45) is 5.10 Å². The summed E-state index contributed by atoms with van der Waals surface area (Å²) in [5.74, 6) is -0.186. The summed E-state index contributed by atoms with van der Waals surface area (Å²) in [5.41, 5.74) is 3.75. The van der Waals surface area contributed by atoms with E-state index in [1.807, 2.05) is 31.2 Å². The van der Waals surface area contributed by atoms with Gasteiger partial charge >= 0.3 is 0 Å². The van der Waals surface area contributed by atoms with Crippen LogP contribution in [0.2, 0.25) is 0 Å². The second-order valence-electron chi connectivity index (χ2n) is 5.03. The Labute approximate surface area is 154 Å². The lowest BCUT2D eigenvalue weighted by molar-refractivity contribution is -0.126. The highest BCUT2D eigenvalue weighted by Gasteiger charge is 2.09. The van der Waals surface area contributed by atoms with Gasteiger partial charge in [0, 0.05) is 10.2 Å². The molecule has 0 bridgehead atoms. The summed E-state index contributed by atoms with van der Waals surface area (Å²) in [7, 11) is 0. The minimum absolute atomic E-state index is 0.316. The fraction of sp³-hybridized carbons (Fsp3) is 0.167. The van der Waals surface area contributed by atoms with Gasteiger partial charge in [0.15, 0.2) is 0 Å². The average molecular weight is 404 g/mol. The summed E-state index contributed by atoms with van der Waals surface area (Å²) in [4.78, 5) is 23.6. The molecule has 2 N–H and O–H groups in total. The van der Waals surface area contributed by atoms with E-state index in [0.717, 1.165) is 15.8 Å². The van der Waals surface area contributed by atoms with Gasteiger partial charge in [-0.25, -0.2) is 5.43 Å². The third-order valence-corrected chi connectivity index (χ3v) is 3.51. The second kappa shape index (κ2) is 9.58. The van der Waals surface area contributed by atoms with E-state index in [0.29, 0.717) is 12.3 Å². The van der Waals surface area contributed by atoms with E-state index in [1.54, 1.807) is 24.3 Å². The van der Waals surface area contributed by atoms with Gasteiger partial charge in [-0.2, -0.15) is 5.10 Å². The number of carbonyl (C=O) groups excluding carboxylic acids is 2. The third-order valence-electron chi connectivity index (χ3n) is 3.02. The van der Waals surface area contributed by atoms with E-state index in [9.17, 15) is 9.59 Å². The van der Waals surface area contributed by atoms with Crippen LogP contribution in [0.4, 0.5) is 5.69 Å². The van der Waals surface area contributed by atoms with Crippen molar-refractivity contribution < 1.29 is 14.3 Å². The van der Waals surface area contributed by atoms with Gasteiger partial charge in [0.2, 0.25) is 11.8 Å². The lowest BCUT2D eigenvalue weighted by Crippen LogP contribution is -2.24. The highest BCUT2D eigenvalue weighted by atomic mass is 79.9. The number of amides is 2. The smallest absolute Gasteiger partial charge is 0.249 e. The van der Waals surface area contributed by atoms with Crippen LogP contribution in [0.5, 0.6) is 5.75 Å². The summed E-state index contributed by atoms with van der Waals surface area (Å²) in [5, 5.41) is 6.48. The van der Waals surface area contributed by atoms with Crippen LogP contribution in [0.15, 0.2) is 58.1 Å². The molecule has 2 aromatic rings. The number of nitrogens with one attached hydrogen (secondary N) is 2. The molecular weight excluding hydrogens is 386 g/mol. The second-order valence-corrected chi connectivity index (χ2v) is 5.95. The van der Waals surface area contributed by atoms with Gasteiger partial charge in [-0.3, -0.25) is 9.59 Å². The quantitative estimate of drug-likeness (QED) is 0.422. The van der Waals surface area contributed by atoms with Crippen molar-refractivity contribution in [1.29, 1.82) is 0 Å². The summed E-state index contributed by atoms with van der Waals surface area (Å²) >= 11 is 3.35. The van der Waals surface area contributed by atoms with E-state index in [2.05, 4.69) is 31.8 Å². The maximum atomic E-state index is 11.9. The van der Waals surface area contributed by atoms with Crippen molar-refractivity contribution in [3.63, 3.8) is 0 Å². The lowest BCUT2D eigenvalue weighted by atomic mass is 10.2. The minimum atomic E-state index is -0.491. The summed E-state index contributed by atoms with van der Waals surface area (Å²) < 4.78 is 6.24. The minimum Gasteiger partial charge on any atom is -0.494 e. The number of carbonyl (C=O) groups is 2. The Hall–Kier alpha value is -2.67. The first kappa shape index (κ1) is 18.7. The maximum absolute atomic E-state index is 11.9. The van der Waals surface area contributed by atoms with Crippen LogP contribution >= 0.6 is 15.9 Å². The van der Waals surface area contributed by atoms with Crippen LogP contribution in [0.1, 0.15) is 18.9 Å². The Morgan fingerprint density at radius 1 is 1.16 bits per heavy atom. The van der Waals surface area contributed by atoms with Gasteiger partial charge in [0.05, 0.1) is 12.8 Å². The average Bonchev–Trinajstić information content (AvgIpc) is 2.57. The predicted octanol–water partition coefficient (Wildman–Crippen LogP) is 3.33. The highest BCUT2D eigenvalue weighted by Crippen LogP contribution is 2.15. The van der Waals surface area contributed by atoms with E-state index >= 15 is 0 Å². The van der Waals surface area contributed by atoms with Crippen LogP contribution in [-0.2, 0) is 9.59 Å². The van der Waals surface area contributed by atoms with Crippen molar-refractivity contribution in [2.75, 3.05) is 11.9 Å². The number of hydrazone groups is 1.